The molecule has 0 unspecified atom stereocenters. The molecule has 33 heavy (non-hydrogen) atoms. The van der Waals surface area contributed by atoms with E-state index in [4.69, 9.17) is 0 Å². The van der Waals surface area contributed by atoms with Crippen molar-refractivity contribution in [3.05, 3.63) is 96.1 Å². The van der Waals surface area contributed by atoms with E-state index in [0.717, 1.165) is 33.3 Å². The number of halogens is 1. The van der Waals surface area contributed by atoms with E-state index in [9.17, 15) is 4.79 Å². The number of likely N-dealkylation sites (tertiary alicyclic amines) is 1. The Kier molecular flexibility index (Phi) is 5.86. The largest absolute Gasteiger partial charge is 0.354 e. The first-order chi connectivity index (χ1) is 16.1. The van der Waals surface area contributed by atoms with E-state index in [0.29, 0.717) is 19.5 Å². The molecule has 5 rings (SSSR count). The number of aromatic amines is 1. The van der Waals surface area contributed by atoms with Crippen LogP contribution in [0.3, 0.4) is 0 Å². The lowest BCUT2D eigenvalue weighted by Gasteiger charge is -2.36. The molecule has 0 saturated carbocycles. The molecule has 168 valence electrons. The van der Waals surface area contributed by atoms with E-state index in [2.05, 4.69) is 10.3 Å². The maximum atomic E-state index is 15.4. The van der Waals surface area contributed by atoms with Gasteiger partial charge in [-0.15, -0.1) is 0 Å². The molecule has 1 saturated heterocycles. The molecule has 1 aromatic heterocycles. The fourth-order valence-electron chi connectivity index (χ4n) is 4.86. The highest BCUT2D eigenvalue weighted by atomic mass is 19.1. The number of nitrogens with one attached hydrogen (secondary N) is 2. The molecule has 3 atom stereocenters. The number of rotatable bonds is 4. The highest BCUT2D eigenvalue weighted by Gasteiger charge is 2.36. The summed E-state index contributed by atoms with van der Waals surface area (Å²) >= 11 is 0. The molecule has 2 amide bonds. The van der Waals surface area contributed by atoms with E-state index >= 15 is 4.39 Å². The minimum Gasteiger partial charge on any atom is -0.354 e. The number of amides is 2. The first kappa shape index (κ1) is 21.3. The quantitative estimate of drug-likeness (QED) is 0.376. The molecule has 0 aliphatic carbocycles. The topological polar surface area (TPSA) is 48.1 Å². The molecule has 5 heteroatoms. The fourth-order valence-corrected chi connectivity index (χ4v) is 4.86. The summed E-state index contributed by atoms with van der Waals surface area (Å²) in [5, 5.41) is 4.10. The number of aromatic nitrogens is 1. The molecule has 3 aromatic carbocycles. The van der Waals surface area contributed by atoms with E-state index in [1.54, 1.807) is 4.90 Å². The number of nitrogens with zero attached hydrogens (tertiary/aromatic N) is 1. The van der Waals surface area contributed by atoms with Crippen LogP contribution in [0.15, 0.2) is 84.9 Å². The van der Waals surface area contributed by atoms with Crippen LogP contribution in [0.4, 0.5) is 9.18 Å². The van der Waals surface area contributed by atoms with Gasteiger partial charge in [-0.2, -0.15) is 0 Å². The Labute approximate surface area is 193 Å². The van der Waals surface area contributed by atoms with Crippen molar-refractivity contribution >= 4 is 16.9 Å². The van der Waals surface area contributed by atoms with Crippen molar-refractivity contribution < 1.29 is 9.18 Å². The molecular formula is C28H28FN3O. The second kappa shape index (κ2) is 9.10. The number of carbonyl (C=O) groups is 1. The number of hydrogen-bond acceptors (Lipinski definition) is 1. The van der Waals surface area contributed by atoms with Gasteiger partial charge < -0.3 is 15.2 Å². The molecule has 4 nitrogen and oxygen atoms in total. The number of para-hydroxylation sites is 1. The SMILES string of the molecule is C[C@@H](NC(=O)N1CC[C@H](F)[C@@H](c2c(-c3ccccc3)[nH]c3ccccc23)C1)c1ccccc1. The monoisotopic (exact) mass is 441 g/mol. The van der Waals surface area contributed by atoms with Gasteiger partial charge in [-0.1, -0.05) is 78.9 Å². The highest BCUT2D eigenvalue weighted by Crippen LogP contribution is 2.40. The Balaban J connectivity index is 1.45. The third kappa shape index (κ3) is 4.23. The van der Waals surface area contributed by atoms with Crippen LogP contribution >= 0.6 is 0 Å². The van der Waals surface area contributed by atoms with Crippen molar-refractivity contribution in [3.63, 3.8) is 0 Å². The van der Waals surface area contributed by atoms with Crippen molar-refractivity contribution in [1.82, 2.24) is 15.2 Å². The van der Waals surface area contributed by atoms with E-state index in [1.807, 2.05) is 91.9 Å². The van der Waals surface area contributed by atoms with Crippen LogP contribution < -0.4 is 5.32 Å². The molecule has 0 radical (unpaired) electrons. The van der Waals surface area contributed by atoms with E-state index in [1.165, 1.54) is 0 Å². The summed E-state index contributed by atoms with van der Waals surface area (Å²) < 4.78 is 15.4. The summed E-state index contributed by atoms with van der Waals surface area (Å²) in [7, 11) is 0. The second-order valence-corrected chi connectivity index (χ2v) is 8.76. The van der Waals surface area contributed by atoms with Gasteiger partial charge in [0.15, 0.2) is 0 Å². The van der Waals surface area contributed by atoms with Crippen LogP contribution in [0.2, 0.25) is 0 Å². The van der Waals surface area contributed by atoms with Crippen molar-refractivity contribution in [2.75, 3.05) is 13.1 Å². The lowest BCUT2D eigenvalue weighted by Crippen LogP contribution is -2.48. The Morgan fingerprint density at radius 2 is 1.67 bits per heavy atom. The minimum absolute atomic E-state index is 0.117. The Morgan fingerprint density at radius 3 is 2.42 bits per heavy atom. The summed E-state index contributed by atoms with van der Waals surface area (Å²) in [4.78, 5) is 18.4. The summed E-state index contributed by atoms with van der Waals surface area (Å²) in [6.45, 7) is 2.73. The van der Waals surface area contributed by atoms with Crippen molar-refractivity contribution in [2.24, 2.45) is 0 Å². The van der Waals surface area contributed by atoms with Gasteiger partial charge in [-0.05, 0) is 36.1 Å². The number of H-pyrrole nitrogens is 1. The summed E-state index contributed by atoms with van der Waals surface area (Å²) in [5.41, 5.74) is 4.95. The van der Waals surface area contributed by atoms with Crippen molar-refractivity contribution in [1.29, 1.82) is 0 Å². The van der Waals surface area contributed by atoms with Crippen LogP contribution in [0, 0.1) is 0 Å². The van der Waals surface area contributed by atoms with Gasteiger partial charge in [0.2, 0.25) is 0 Å². The molecular weight excluding hydrogens is 413 g/mol. The van der Waals surface area contributed by atoms with Gasteiger partial charge in [-0.3, -0.25) is 0 Å². The van der Waals surface area contributed by atoms with Crippen LogP contribution in [0.1, 0.15) is 36.4 Å². The van der Waals surface area contributed by atoms with Gasteiger partial charge in [0.25, 0.3) is 0 Å². The minimum atomic E-state index is -1.01. The Bertz CT molecular complexity index is 1240. The Hall–Kier alpha value is -3.60. The van der Waals surface area contributed by atoms with Gasteiger partial charge in [-0.25, -0.2) is 9.18 Å². The molecule has 0 spiro atoms. The zero-order chi connectivity index (χ0) is 22.8. The third-order valence-corrected chi connectivity index (χ3v) is 6.63. The predicted octanol–water partition coefficient (Wildman–Crippen LogP) is 6.43. The lowest BCUT2D eigenvalue weighted by molar-refractivity contribution is 0.133. The Morgan fingerprint density at radius 1 is 1.00 bits per heavy atom. The maximum Gasteiger partial charge on any atom is 0.317 e. The zero-order valence-corrected chi connectivity index (χ0v) is 18.7. The summed E-state index contributed by atoms with van der Waals surface area (Å²) in [6, 6.07) is 27.7. The first-order valence-electron chi connectivity index (χ1n) is 11.5. The van der Waals surface area contributed by atoms with E-state index in [-0.39, 0.29) is 12.1 Å². The lowest BCUT2D eigenvalue weighted by atomic mass is 9.85. The average molecular weight is 442 g/mol. The number of piperidine rings is 1. The van der Waals surface area contributed by atoms with Crippen molar-refractivity contribution in [2.45, 2.75) is 31.5 Å². The standard InChI is InChI=1S/C28H28FN3O/c1-19(20-10-4-2-5-11-20)30-28(33)32-17-16-24(29)23(18-32)26-22-14-8-9-15-25(22)31-27(26)21-12-6-3-7-13-21/h2-15,19,23-24,31H,16-18H2,1H3,(H,30,33)/t19-,23+,24+/m1/s1. The smallest absolute Gasteiger partial charge is 0.317 e. The normalized spacial score (nSPS) is 19.4. The average Bonchev–Trinajstić information content (AvgIpc) is 3.25. The van der Waals surface area contributed by atoms with Gasteiger partial charge >= 0.3 is 6.03 Å². The number of alkyl halides is 1. The second-order valence-electron chi connectivity index (χ2n) is 8.76. The van der Waals surface area contributed by atoms with Crippen LogP contribution in [0.25, 0.3) is 22.2 Å². The number of hydrogen-bond donors (Lipinski definition) is 2. The van der Waals surface area contributed by atoms with Crippen LogP contribution in [-0.2, 0) is 0 Å². The summed E-state index contributed by atoms with van der Waals surface area (Å²) in [5.74, 6) is -0.400. The van der Waals surface area contributed by atoms with Gasteiger partial charge in [0.05, 0.1) is 11.7 Å². The molecule has 1 fully saturated rings. The highest BCUT2D eigenvalue weighted by molar-refractivity contribution is 5.91. The van der Waals surface area contributed by atoms with Crippen molar-refractivity contribution in [3.8, 4) is 11.3 Å². The fraction of sp³-hybridized carbons (Fsp3) is 0.250. The third-order valence-electron chi connectivity index (χ3n) is 6.63. The molecule has 2 heterocycles. The van der Waals surface area contributed by atoms with E-state index < -0.39 is 12.1 Å². The van der Waals surface area contributed by atoms with Gasteiger partial charge in [0.1, 0.15) is 6.17 Å². The predicted molar refractivity (Wildman–Crippen MR) is 131 cm³/mol. The zero-order valence-electron chi connectivity index (χ0n) is 18.7. The molecule has 4 aromatic rings. The number of benzene rings is 3. The number of carbonyl (C=O) groups excluding carboxylic acids is 1. The summed E-state index contributed by atoms with van der Waals surface area (Å²) in [6.07, 6.45) is -0.687. The number of fused-ring (bicyclic) bond motifs is 1. The van der Waals surface area contributed by atoms with Crippen LogP contribution in [-0.4, -0.2) is 35.2 Å². The molecule has 1 aliphatic heterocycles. The molecule has 0 bridgehead atoms. The number of urea groups is 1. The van der Waals surface area contributed by atoms with Crippen LogP contribution in [0.5, 0.6) is 0 Å². The van der Waals surface area contributed by atoms with Gasteiger partial charge in [0, 0.05) is 29.9 Å². The maximum absolute atomic E-state index is 15.4. The molecule has 2 N–H and O–H groups in total. The molecule has 1 aliphatic rings. The first-order valence-corrected chi connectivity index (χ1v) is 11.5.